The number of nitrogens with zero attached hydrogens (tertiary/aromatic N) is 2. The number of hydrogen-bond acceptors (Lipinski definition) is 2. The van der Waals surface area contributed by atoms with Crippen LogP contribution in [0.3, 0.4) is 0 Å². The monoisotopic (exact) mass is 180 g/mol. The van der Waals surface area contributed by atoms with Gasteiger partial charge in [-0.25, -0.2) is 0 Å². The third kappa shape index (κ3) is 1.48. The van der Waals surface area contributed by atoms with Crippen molar-refractivity contribution in [1.29, 1.82) is 0 Å². The minimum absolute atomic E-state index is 0.0638. The summed E-state index contributed by atoms with van der Waals surface area (Å²) in [6.07, 6.45) is 2.98. The number of rotatable bonds is 0. The Morgan fingerprint density at radius 1 is 1.46 bits per heavy atom. The van der Waals surface area contributed by atoms with Crippen LogP contribution in [0.4, 0.5) is 0 Å². The predicted molar refractivity (Wildman–Crippen MR) is 50.6 cm³/mol. The first-order valence-electron chi connectivity index (χ1n) is 4.73. The average Bonchev–Trinajstić information content (AvgIpc) is 2.45. The molecule has 13 heavy (non-hydrogen) atoms. The second-order valence-electron chi connectivity index (χ2n) is 4.50. The van der Waals surface area contributed by atoms with Crippen LogP contribution in [0.1, 0.15) is 32.0 Å². The van der Waals surface area contributed by atoms with Crippen molar-refractivity contribution < 1.29 is 4.74 Å². The van der Waals surface area contributed by atoms with E-state index in [2.05, 4.69) is 30.6 Å². The van der Waals surface area contributed by atoms with Gasteiger partial charge in [0, 0.05) is 0 Å². The van der Waals surface area contributed by atoms with Gasteiger partial charge in [-0.05, 0) is 32.8 Å². The first-order chi connectivity index (χ1) is 6.09. The molecule has 2 heterocycles. The van der Waals surface area contributed by atoms with Crippen molar-refractivity contribution in [1.82, 2.24) is 9.78 Å². The average molecular weight is 180 g/mol. The van der Waals surface area contributed by atoms with Crippen LogP contribution in [-0.2, 0) is 23.3 Å². The van der Waals surface area contributed by atoms with E-state index < -0.39 is 0 Å². The zero-order valence-electron chi connectivity index (χ0n) is 8.50. The molecule has 0 N–H and O–H groups in total. The van der Waals surface area contributed by atoms with E-state index in [1.807, 2.05) is 6.20 Å². The fourth-order valence-electron chi connectivity index (χ4n) is 1.70. The summed E-state index contributed by atoms with van der Waals surface area (Å²) < 4.78 is 7.50. The molecule has 0 atom stereocenters. The van der Waals surface area contributed by atoms with Crippen LogP contribution >= 0.6 is 0 Å². The van der Waals surface area contributed by atoms with Crippen LogP contribution in [0.15, 0.2) is 6.20 Å². The van der Waals surface area contributed by atoms with Crippen LogP contribution < -0.4 is 0 Å². The third-order valence-electron chi connectivity index (χ3n) is 2.35. The van der Waals surface area contributed by atoms with Crippen molar-refractivity contribution in [2.45, 2.75) is 39.3 Å². The minimum Gasteiger partial charge on any atom is -0.375 e. The molecule has 1 aliphatic rings. The van der Waals surface area contributed by atoms with Crippen molar-refractivity contribution in [2.24, 2.45) is 0 Å². The molecule has 3 heteroatoms. The molecule has 0 saturated carbocycles. The van der Waals surface area contributed by atoms with Crippen molar-refractivity contribution >= 4 is 0 Å². The van der Waals surface area contributed by atoms with Gasteiger partial charge in [0.15, 0.2) is 0 Å². The Kier molecular flexibility index (Phi) is 1.91. The van der Waals surface area contributed by atoms with Crippen molar-refractivity contribution in [3.8, 4) is 0 Å². The highest BCUT2D eigenvalue weighted by Crippen LogP contribution is 2.22. The van der Waals surface area contributed by atoms with E-state index in [0.717, 1.165) is 13.0 Å². The van der Waals surface area contributed by atoms with Crippen molar-refractivity contribution in [3.05, 3.63) is 17.5 Å². The van der Waals surface area contributed by atoms with Gasteiger partial charge < -0.3 is 4.74 Å². The van der Waals surface area contributed by atoms with Crippen LogP contribution in [0.2, 0.25) is 0 Å². The molecule has 2 rings (SSSR count). The van der Waals surface area contributed by atoms with E-state index in [-0.39, 0.29) is 5.54 Å². The molecule has 0 aliphatic carbocycles. The van der Waals surface area contributed by atoms with Gasteiger partial charge in [0.1, 0.15) is 0 Å². The molecular formula is C10H16N2O. The molecule has 0 saturated heterocycles. The molecule has 1 aromatic rings. The van der Waals surface area contributed by atoms with Gasteiger partial charge >= 0.3 is 0 Å². The largest absolute Gasteiger partial charge is 0.375 e. The first kappa shape index (κ1) is 8.75. The standard InChI is InChI=1S/C10H16N2O/c1-10(2,3)12-9-7-13-5-4-8(9)6-11-12/h6H,4-5,7H2,1-3H3. The zero-order valence-corrected chi connectivity index (χ0v) is 8.50. The fourth-order valence-corrected chi connectivity index (χ4v) is 1.70. The topological polar surface area (TPSA) is 27.1 Å². The number of hydrogen-bond donors (Lipinski definition) is 0. The lowest BCUT2D eigenvalue weighted by Gasteiger charge is -2.24. The number of ether oxygens (including phenoxy) is 1. The number of fused-ring (bicyclic) bond motifs is 1. The van der Waals surface area contributed by atoms with Gasteiger partial charge in [0.25, 0.3) is 0 Å². The maximum absolute atomic E-state index is 5.43. The quantitative estimate of drug-likeness (QED) is 0.607. The molecule has 1 aliphatic heterocycles. The Morgan fingerprint density at radius 3 is 2.92 bits per heavy atom. The second kappa shape index (κ2) is 2.84. The molecule has 0 radical (unpaired) electrons. The lowest BCUT2D eigenvalue weighted by molar-refractivity contribution is 0.0999. The smallest absolute Gasteiger partial charge is 0.0887 e. The van der Waals surface area contributed by atoms with E-state index in [4.69, 9.17) is 4.74 Å². The van der Waals surface area contributed by atoms with Gasteiger partial charge in [-0.3, -0.25) is 4.68 Å². The Bertz CT molecular complexity index is 309. The Morgan fingerprint density at radius 2 is 2.23 bits per heavy atom. The Labute approximate surface area is 78.7 Å². The third-order valence-corrected chi connectivity index (χ3v) is 2.35. The molecule has 0 spiro atoms. The normalized spacial score (nSPS) is 17.2. The molecule has 0 unspecified atom stereocenters. The Hall–Kier alpha value is -0.830. The molecular weight excluding hydrogens is 164 g/mol. The van der Waals surface area contributed by atoms with Gasteiger partial charge in [-0.1, -0.05) is 0 Å². The summed E-state index contributed by atoms with van der Waals surface area (Å²) in [6, 6.07) is 0. The van der Waals surface area contributed by atoms with E-state index in [9.17, 15) is 0 Å². The first-order valence-corrected chi connectivity index (χ1v) is 4.73. The maximum atomic E-state index is 5.43. The molecule has 1 aromatic heterocycles. The van der Waals surface area contributed by atoms with Crippen molar-refractivity contribution in [2.75, 3.05) is 6.61 Å². The van der Waals surface area contributed by atoms with Crippen LogP contribution in [0.25, 0.3) is 0 Å². The minimum atomic E-state index is 0.0638. The summed E-state index contributed by atoms with van der Waals surface area (Å²) in [5.41, 5.74) is 2.66. The summed E-state index contributed by atoms with van der Waals surface area (Å²) in [6.45, 7) is 8.04. The summed E-state index contributed by atoms with van der Waals surface area (Å²) in [5.74, 6) is 0. The highest BCUT2D eigenvalue weighted by Gasteiger charge is 2.22. The van der Waals surface area contributed by atoms with E-state index in [1.54, 1.807) is 0 Å². The number of aromatic nitrogens is 2. The molecule has 0 bridgehead atoms. The summed E-state index contributed by atoms with van der Waals surface area (Å²) in [7, 11) is 0. The maximum Gasteiger partial charge on any atom is 0.0887 e. The fraction of sp³-hybridized carbons (Fsp3) is 0.700. The van der Waals surface area contributed by atoms with Crippen molar-refractivity contribution in [3.63, 3.8) is 0 Å². The van der Waals surface area contributed by atoms with E-state index in [1.165, 1.54) is 11.3 Å². The lowest BCUT2D eigenvalue weighted by atomic mass is 10.1. The predicted octanol–water partition coefficient (Wildman–Crippen LogP) is 1.71. The molecule has 72 valence electrons. The van der Waals surface area contributed by atoms with Gasteiger partial charge in [-0.15, -0.1) is 0 Å². The lowest BCUT2D eigenvalue weighted by Crippen LogP contribution is -2.27. The van der Waals surface area contributed by atoms with Crippen LogP contribution in [0.5, 0.6) is 0 Å². The summed E-state index contributed by atoms with van der Waals surface area (Å²) in [4.78, 5) is 0. The second-order valence-corrected chi connectivity index (χ2v) is 4.50. The zero-order chi connectivity index (χ0) is 9.47. The Balaban J connectivity index is 2.43. The van der Waals surface area contributed by atoms with Gasteiger partial charge in [0.05, 0.1) is 30.6 Å². The van der Waals surface area contributed by atoms with Crippen LogP contribution in [0, 0.1) is 0 Å². The van der Waals surface area contributed by atoms with E-state index in [0.29, 0.717) is 6.61 Å². The molecule has 0 amide bonds. The van der Waals surface area contributed by atoms with E-state index >= 15 is 0 Å². The highest BCUT2D eigenvalue weighted by molar-refractivity contribution is 5.20. The summed E-state index contributed by atoms with van der Waals surface area (Å²) >= 11 is 0. The highest BCUT2D eigenvalue weighted by atomic mass is 16.5. The van der Waals surface area contributed by atoms with Gasteiger partial charge in [0.2, 0.25) is 0 Å². The van der Waals surface area contributed by atoms with Crippen LogP contribution in [-0.4, -0.2) is 16.4 Å². The summed E-state index contributed by atoms with van der Waals surface area (Å²) in [5, 5.41) is 4.41. The molecule has 0 aromatic carbocycles. The molecule has 3 nitrogen and oxygen atoms in total. The molecule has 0 fully saturated rings. The SMILES string of the molecule is CC(C)(C)n1ncc2c1COCC2. The van der Waals surface area contributed by atoms with Gasteiger partial charge in [-0.2, -0.15) is 5.10 Å².